The first-order chi connectivity index (χ1) is 20.2. The molecular formula is C26H17F12N5O. The van der Waals surface area contributed by atoms with E-state index in [-0.39, 0.29) is 22.8 Å². The van der Waals surface area contributed by atoms with Crippen LogP contribution in [-0.4, -0.2) is 26.6 Å². The second kappa shape index (κ2) is 11.5. The van der Waals surface area contributed by atoms with Crippen LogP contribution in [0.1, 0.15) is 27.8 Å². The molecule has 18 heteroatoms. The van der Waals surface area contributed by atoms with Gasteiger partial charge in [-0.3, -0.25) is 0 Å². The van der Waals surface area contributed by atoms with Gasteiger partial charge in [0.05, 0.1) is 23.7 Å². The van der Waals surface area contributed by atoms with Crippen molar-refractivity contribution >= 4 is 5.95 Å². The summed E-state index contributed by atoms with van der Waals surface area (Å²) >= 11 is 0. The van der Waals surface area contributed by atoms with Crippen molar-refractivity contribution in [2.75, 3.05) is 4.90 Å². The molecule has 3 aromatic carbocycles. The van der Waals surface area contributed by atoms with E-state index in [1.54, 1.807) is 0 Å². The van der Waals surface area contributed by atoms with Gasteiger partial charge in [0, 0.05) is 18.7 Å². The third-order valence-corrected chi connectivity index (χ3v) is 6.00. The Labute approximate surface area is 239 Å². The van der Waals surface area contributed by atoms with E-state index in [1.807, 2.05) is 0 Å². The van der Waals surface area contributed by atoms with Crippen molar-refractivity contribution in [1.29, 1.82) is 0 Å². The molecule has 0 amide bonds. The molecule has 44 heavy (non-hydrogen) atoms. The quantitative estimate of drug-likeness (QED) is 0.191. The zero-order valence-corrected chi connectivity index (χ0v) is 21.9. The fourth-order valence-electron chi connectivity index (χ4n) is 4.20. The normalized spacial score (nSPS) is 12.8. The average Bonchev–Trinajstić information content (AvgIpc) is 3.32. The van der Waals surface area contributed by atoms with Crippen molar-refractivity contribution < 1.29 is 57.4 Å². The summed E-state index contributed by atoms with van der Waals surface area (Å²) in [7, 11) is 1.27. The molecule has 0 saturated heterocycles. The summed E-state index contributed by atoms with van der Waals surface area (Å²) in [5, 5.41) is 11.1. The lowest BCUT2D eigenvalue weighted by atomic mass is 9.96. The number of aryl methyl sites for hydroxylation is 1. The number of rotatable bonds is 7. The van der Waals surface area contributed by atoms with Gasteiger partial charge in [0.2, 0.25) is 0 Å². The molecule has 0 spiro atoms. The first kappa shape index (κ1) is 32.4. The van der Waals surface area contributed by atoms with E-state index in [1.165, 1.54) is 19.2 Å². The number of ether oxygens (including phenoxy) is 1. The number of benzene rings is 3. The minimum Gasteiger partial charge on any atom is -0.405 e. The smallest absolute Gasteiger partial charge is 0.405 e. The summed E-state index contributed by atoms with van der Waals surface area (Å²) in [5.74, 6) is -1.19. The Morgan fingerprint density at radius 3 is 1.80 bits per heavy atom. The zero-order valence-electron chi connectivity index (χ0n) is 21.9. The second-order valence-electron chi connectivity index (χ2n) is 9.26. The molecule has 236 valence electrons. The molecule has 0 aliphatic rings. The molecule has 0 bridgehead atoms. The van der Waals surface area contributed by atoms with Gasteiger partial charge in [-0.2, -0.15) is 44.3 Å². The Hall–Kier alpha value is -4.51. The van der Waals surface area contributed by atoms with Crippen LogP contribution in [0.2, 0.25) is 0 Å². The minimum absolute atomic E-state index is 0.100. The van der Waals surface area contributed by atoms with Gasteiger partial charge in [0.1, 0.15) is 5.75 Å². The third kappa shape index (κ3) is 7.90. The molecule has 1 heterocycles. The van der Waals surface area contributed by atoms with Crippen molar-refractivity contribution in [3.63, 3.8) is 0 Å². The number of para-hydroxylation sites is 1. The molecule has 0 unspecified atom stereocenters. The van der Waals surface area contributed by atoms with Gasteiger partial charge in [-0.1, -0.05) is 29.4 Å². The van der Waals surface area contributed by atoms with E-state index >= 15 is 0 Å². The van der Waals surface area contributed by atoms with Crippen LogP contribution in [0.3, 0.4) is 0 Å². The van der Waals surface area contributed by atoms with Crippen LogP contribution in [0, 0.1) is 0 Å². The van der Waals surface area contributed by atoms with E-state index < -0.39 is 71.9 Å². The zero-order chi connectivity index (χ0) is 32.7. The lowest BCUT2D eigenvalue weighted by molar-refractivity contribution is -0.274. The maximum atomic E-state index is 13.7. The van der Waals surface area contributed by atoms with Gasteiger partial charge >= 0.3 is 24.9 Å². The SMILES string of the molecule is Cn1nnc(N(Cc2cc(C(F)(F)F)cc(C(F)(F)F)c2)Cc2cc(C(F)(F)F)ccc2-c2ccccc2OC(F)(F)F)n1. The predicted octanol–water partition coefficient (Wildman–Crippen LogP) is 8.04. The van der Waals surface area contributed by atoms with Crippen LogP contribution in [0.5, 0.6) is 5.75 Å². The molecule has 1 aromatic heterocycles. The van der Waals surface area contributed by atoms with E-state index in [0.717, 1.165) is 27.9 Å². The van der Waals surface area contributed by atoms with Crippen molar-refractivity contribution in [3.8, 4) is 16.9 Å². The average molecular weight is 643 g/mol. The van der Waals surface area contributed by atoms with E-state index in [0.29, 0.717) is 24.3 Å². The first-order valence-corrected chi connectivity index (χ1v) is 12.0. The van der Waals surface area contributed by atoms with Gasteiger partial charge in [-0.15, -0.1) is 18.3 Å². The maximum absolute atomic E-state index is 13.7. The van der Waals surface area contributed by atoms with Crippen LogP contribution >= 0.6 is 0 Å². The fourth-order valence-corrected chi connectivity index (χ4v) is 4.20. The lowest BCUT2D eigenvalue weighted by Gasteiger charge is -2.25. The van der Waals surface area contributed by atoms with E-state index in [4.69, 9.17) is 0 Å². The van der Waals surface area contributed by atoms with Gasteiger partial charge < -0.3 is 9.64 Å². The number of alkyl halides is 12. The molecule has 4 aromatic rings. The summed E-state index contributed by atoms with van der Waals surface area (Å²) < 4.78 is 165. The number of hydrogen-bond donors (Lipinski definition) is 0. The Bertz CT molecular complexity index is 1590. The summed E-state index contributed by atoms with van der Waals surface area (Å²) in [4.78, 5) is 1.80. The fraction of sp³-hybridized carbons (Fsp3) is 0.269. The monoisotopic (exact) mass is 643 g/mol. The second-order valence-corrected chi connectivity index (χ2v) is 9.26. The standard InChI is InChI=1S/C26H17F12N5O/c1-42-40-22(39-41-42)43(12-14-8-17(24(30,31)32)11-18(9-14)25(33,34)35)13-15-10-16(23(27,28)29)6-7-19(15)20-4-2-3-5-21(20)44-26(36,37)38/h2-11H,12-13H2,1H3. The molecule has 0 aliphatic heterocycles. The topological polar surface area (TPSA) is 56.1 Å². The highest BCUT2D eigenvalue weighted by molar-refractivity contribution is 5.74. The lowest BCUT2D eigenvalue weighted by Crippen LogP contribution is -2.25. The highest BCUT2D eigenvalue weighted by Gasteiger charge is 2.38. The minimum atomic E-state index is -5.19. The van der Waals surface area contributed by atoms with E-state index in [9.17, 15) is 52.7 Å². The van der Waals surface area contributed by atoms with Gasteiger partial charge in [0.15, 0.2) is 0 Å². The molecule has 0 saturated carbocycles. The molecule has 0 aliphatic carbocycles. The predicted molar refractivity (Wildman–Crippen MR) is 129 cm³/mol. The van der Waals surface area contributed by atoms with Crippen molar-refractivity contribution in [1.82, 2.24) is 20.2 Å². The number of nitrogens with zero attached hydrogens (tertiary/aromatic N) is 5. The van der Waals surface area contributed by atoms with Crippen molar-refractivity contribution in [3.05, 3.63) is 88.5 Å². The van der Waals surface area contributed by atoms with Crippen molar-refractivity contribution in [2.45, 2.75) is 38.0 Å². The van der Waals surface area contributed by atoms with Crippen LogP contribution in [0.15, 0.2) is 60.7 Å². The molecule has 6 nitrogen and oxygen atoms in total. The molecule has 4 rings (SSSR count). The molecule has 0 atom stereocenters. The highest BCUT2D eigenvalue weighted by Crippen LogP contribution is 2.40. The molecule has 0 fully saturated rings. The number of tetrazole rings is 1. The summed E-state index contributed by atoms with van der Waals surface area (Å²) in [6.07, 6.45) is -20.5. The molecule has 0 radical (unpaired) electrons. The Kier molecular flexibility index (Phi) is 8.49. The summed E-state index contributed by atoms with van der Waals surface area (Å²) in [6.45, 7) is -1.54. The first-order valence-electron chi connectivity index (χ1n) is 12.0. The Balaban J connectivity index is 1.88. The van der Waals surface area contributed by atoms with Crippen LogP contribution in [-0.2, 0) is 38.7 Å². The van der Waals surface area contributed by atoms with Crippen LogP contribution in [0.25, 0.3) is 11.1 Å². The third-order valence-electron chi connectivity index (χ3n) is 6.00. The Morgan fingerprint density at radius 1 is 0.682 bits per heavy atom. The summed E-state index contributed by atoms with van der Waals surface area (Å²) in [6, 6.07) is 7.26. The molecule has 0 N–H and O–H groups in total. The van der Waals surface area contributed by atoms with Crippen molar-refractivity contribution in [2.24, 2.45) is 7.05 Å². The highest BCUT2D eigenvalue weighted by atomic mass is 19.4. The number of anilines is 1. The maximum Gasteiger partial charge on any atom is 0.573 e. The number of hydrogen-bond acceptors (Lipinski definition) is 5. The van der Waals surface area contributed by atoms with Gasteiger partial charge in [-0.25, -0.2) is 0 Å². The summed E-state index contributed by atoms with van der Waals surface area (Å²) in [5.41, 5.74) is -5.97. The Morgan fingerprint density at radius 2 is 1.27 bits per heavy atom. The van der Waals surface area contributed by atoms with Crippen LogP contribution in [0.4, 0.5) is 58.6 Å². The van der Waals surface area contributed by atoms with Crippen LogP contribution < -0.4 is 9.64 Å². The van der Waals surface area contributed by atoms with E-state index in [2.05, 4.69) is 20.1 Å². The van der Waals surface area contributed by atoms with Gasteiger partial charge in [0.25, 0.3) is 5.95 Å². The molecular weight excluding hydrogens is 626 g/mol. The number of halogens is 12. The van der Waals surface area contributed by atoms with Gasteiger partial charge in [-0.05, 0) is 58.3 Å². The largest absolute Gasteiger partial charge is 0.573 e. The number of aromatic nitrogens is 4.